The van der Waals surface area contributed by atoms with Gasteiger partial charge in [-0.2, -0.15) is 0 Å². The van der Waals surface area contributed by atoms with Gasteiger partial charge < -0.3 is 5.32 Å². The summed E-state index contributed by atoms with van der Waals surface area (Å²) in [7, 11) is 0. The molecule has 0 aliphatic heterocycles. The average molecular weight is 302 g/mol. The van der Waals surface area contributed by atoms with Crippen LogP contribution in [0.15, 0.2) is 18.2 Å². The second-order valence-corrected chi connectivity index (χ2v) is 5.88. The van der Waals surface area contributed by atoms with Gasteiger partial charge in [-0.25, -0.2) is 0 Å². The summed E-state index contributed by atoms with van der Waals surface area (Å²) in [6.07, 6.45) is 3.54. The maximum Gasteiger partial charge on any atom is 0.0595 e. The number of halogens is 2. The molecule has 1 N–H and O–H groups in total. The molecule has 1 atom stereocenters. The van der Waals surface area contributed by atoms with Gasteiger partial charge in [-0.3, -0.25) is 0 Å². The van der Waals surface area contributed by atoms with Gasteiger partial charge in [0.2, 0.25) is 0 Å². The first-order valence-electron chi connectivity index (χ1n) is 7.29. The molecule has 1 unspecified atom stereocenters. The molecule has 19 heavy (non-hydrogen) atoms. The van der Waals surface area contributed by atoms with E-state index in [1.54, 1.807) is 0 Å². The van der Waals surface area contributed by atoms with Crippen LogP contribution in [0, 0.1) is 5.92 Å². The Morgan fingerprint density at radius 3 is 2.26 bits per heavy atom. The molecule has 0 saturated heterocycles. The molecule has 1 aromatic carbocycles. The van der Waals surface area contributed by atoms with E-state index in [1.165, 1.54) is 18.4 Å². The van der Waals surface area contributed by atoms with E-state index in [1.807, 2.05) is 12.1 Å². The highest BCUT2D eigenvalue weighted by Crippen LogP contribution is 2.33. The van der Waals surface area contributed by atoms with E-state index in [-0.39, 0.29) is 0 Å². The number of benzene rings is 1. The molecule has 0 heterocycles. The second kappa shape index (κ2) is 8.84. The zero-order valence-corrected chi connectivity index (χ0v) is 13.7. The van der Waals surface area contributed by atoms with Crippen molar-refractivity contribution in [3.63, 3.8) is 0 Å². The van der Waals surface area contributed by atoms with Crippen molar-refractivity contribution < 1.29 is 0 Å². The van der Waals surface area contributed by atoms with E-state index < -0.39 is 0 Å². The molecule has 0 amide bonds. The van der Waals surface area contributed by atoms with Gasteiger partial charge in [0.05, 0.1) is 10.0 Å². The first-order valence-corrected chi connectivity index (χ1v) is 8.05. The van der Waals surface area contributed by atoms with Crippen LogP contribution in [0.2, 0.25) is 10.0 Å². The van der Waals surface area contributed by atoms with E-state index in [0.29, 0.717) is 21.9 Å². The minimum Gasteiger partial charge on any atom is -0.316 e. The molecule has 108 valence electrons. The first kappa shape index (κ1) is 16.8. The molecule has 1 aromatic rings. The van der Waals surface area contributed by atoms with Crippen LogP contribution in [0.25, 0.3) is 0 Å². The van der Waals surface area contributed by atoms with Gasteiger partial charge in [0, 0.05) is 6.54 Å². The van der Waals surface area contributed by atoms with Crippen LogP contribution in [0.1, 0.15) is 51.5 Å². The Labute approximate surface area is 127 Å². The maximum atomic E-state index is 6.16. The Morgan fingerprint density at radius 2 is 1.74 bits per heavy atom. The number of hydrogen-bond donors (Lipinski definition) is 1. The van der Waals surface area contributed by atoms with Crippen molar-refractivity contribution in [3.8, 4) is 0 Å². The van der Waals surface area contributed by atoms with Crippen LogP contribution in [0.3, 0.4) is 0 Å². The second-order valence-electron chi connectivity index (χ2n) is 5.06. The Kier molecular flexibility index (Phi) is 7.82. The third-order valence-electron chi connectivity index (χ3n) is 3.78. The van der Waals surface area contributed by atoms with E-state index in [2.05, 4.69) is 32.2 Å². The summed E-state index contributed by atoms with van der Waals surface area (Å²) in [5.74, 6) is 1.19. The Balaban J connectivity index is 2.89. The van der Waals surface area contributed by atoms with Crippen molar-refractivity contribution in [1.82, 2.24) is 5.32 Å². The smallest absolute Gasteiger partial charge is 0.0595 e. The van der Waals surface area contributed by atoms with Gasteiger partial charge in [0.1, 0.15) is 0 Å². The minimum atomic E-state index is 0.510. The van der Waals surface area contributed by atoms with Crippen molar-refractivity contribution in [2.24, 2.45) is 5.92 Å². The van der Waals surface area contributed by atoms with Crippen molar-refractivity contribution >= 4 is 23.2 Å². The Bertz CT molecular complexity index is 375. The number of rotatable bonds is 8. The molecule has 0 bridgehead atoms. The largest absolute Gasteiger partial charge is 0.316 e. The molecule has 0 spiro atoms. The van der Waals surface area contributed by atoms with Crippen LogP contribution in [-0.4, -0.2) is 13.1 Å². The molecule has 0 aliphatic carbocycles. The highest BCUT2D eigenvalue weighted by atomic mass is 35.5. The first-order chi connectivity index (χ1) is 9.13. The topological polar surface area (TPSA) is 12.0 Å². The number of hydrogen-bond acceptors (Lipinski definition) is 1. The van der Waals surface area contributed by atoms with Crippen LogP contribution >= 0.6 is 23.2 Å². The summed E-state index contributed by atoms with van der Waals surface area (Å²) in [5.41, 5.74) is 1.30. The highest BCUT2D eigenvalue weighted by Gasteiger charge is 2.20. The third-order valence-corrected chi connectivity index (χ3v) is 4.52. The van der Waals surface area contributed by atoms with E-state index in [0.717, 1.165) is 19.5 Å². The van der Waals surface area contributed by atoms with Gasteiger partial charge in [0.25, 0.3) is 0 Å². The van der Waals surface area contributed by atoms with Crippen molar-refractivity contribution in [2.75, 3.05) is 13.1 Å². The Morgan fingerprint density at radius 1 is 1.05 bits per heavy atom. The predicted molar refractivity (Wildman–Crippen MR) is 86.4 cm³/mol. The standard InChI is InChI=1S/C16H25Cl2N/c1-4-9-19-11-14(12(5-2)6-3)13-7-8-15(17)16(18)10-13/h7-8,10,12,14,19H,4-6,9,11H2,1-3H3. The van der Waals surface area contributed by atoms with Crippen LogP contribution in [-0.2, 0) is 0 Å². The quantitative estimate of drug-likeness (QED) is 0.624. The van der Waals surface area contributed by atoms with Crippen molar-refractivity contribution in [2.45, 2.75) is 46.0 Å². The molecule has 1 rings (SSSR count). The summed E-state index contributed by atoms with van der Waals surface area (Å²) in [6, 6.07) is 6.06. The van der Waals surface area contributed by atoms with E-state index in [9.17, 15) is 0 Å². The number of nitrogens with one attached hydrogen (secondary N) is 1. The molecule has 0 saturated carbocycles. The summed E-state index contributed by atoms with van der Waals surface area (Å²) in [6.45, 7) is 8.80. The third kappa shape index (κ3) is 4.98. The van der Waals surface area contributed by atoms with Gasteiger partial charge >= 0.3 is 0 Å². The fourth-order valence-electron chi connectivity index (χ4n) is 2.59. The van der Waals surface area contributed by atoms with Gasteiger partial charge in [-0.05, 0) is 42.5 Å². The SMILES string of the molecule is CCCNCC(c1ccc(Cl)c(Cl)c1)C(CC)CC. The zero-order valence-electron chi connectivity index (χ0n) is 12.2. The van der Waals surface area contributed by atoms with Crippen LogP contribution in [0.5, 0.6) is 0 Å². The molecular formula is C16H25Cl2N. The van der Waals surface area contributed by atoms with Gasteiger partial charge in [-0.15, -0.1) is 0 Å². The van der Waals surface area contributed by atoms with Crippen LogP contribution in [0.4, 0.5) is 0 Å². The lowest BCUT2D eigenvalue weighted by Gasteiger charge is -2.26. The molecule has 0 radical (unpaired) electrons. The fraction of sp³-hybridized carbons (Fsp3) is 0.625. The monoisotopic (exact) mass is 301 g/mol. The maximum absolute atomic E-state index is 6.16. The molecule has 0 aliphatic rings. The molecule has 0 aromatic heterocycles. The normalized spacial score (nSPS) is 12.9. The van der Waals surface area contributed by atoms with Gasteiger partial charge in [0.15, 0.2) is 0 Å². The Hall–Kier alpha value is -0.240. The van der Waals surface area contributed by atoms with Gasteiger partial charge in [-0.1, -0.05) is 62.9 Å². The molecule has 1 nitrogen and oxygen atoms in total. The summed E-state index contributed by atoms with van der Waals surface area (Å²) in [5, 5.41) is 4.83. The fourth-order valence-corrected chi connectivity index (χ4v) is 2.90. The lowest BCUT2D eigenvalue weighted by molar-refractivity contribution is 0.380. The minimum absolute atomic E-state index is 0.510. The summed E-state index contributed by atoms with van der Waals surface area (Å²) in [4.78, 5) is 0. The van der Waals surface area contributed by atoms with Crippen LogP contribution < -0.4 is 5.32 Å². The lowest BCUT2D eigenvalue weighted by atomic mass is 9.82. The molecular weight excluding hydrogens is 277 g/mol. The molecule has 3 heteroatoms. The lowest BCUT2D eigenvalue weighted by Crippen LogP contribution is -2.27. The van der Waals surface area contributed by atoms with E-state index >= 15 is 0 Å². The average Bonchev–Trinajstić information content (AvgIpc) is 2.41. The predicted octanol–water partition coefficient (Wildman–Crippen LogP) is 5.51. The molecule has 0 fully saturated rings. The van der Waals surface area contributed by atoms with Crippen molar-refractivity contribution in [1.29, 1.82) is 0 Å². The van der Waals surface area contributed by atoms with Crippen molar-refractivity contribution in [3.05, 3.63) is 33.8 Å². The van der Waals surface area contributed by atoms with E-state index in [4.69, 9.17) is 23.2 Å². The summed E-state index contributed by atoms with van der Waals surface area (Å²) < 4.78 is 0. The summed E-state index contributed by atoms with van der Waals surface area (Å²) >= 11 is 12.2. The highest BCUT2D eigenvalue weighted by molar-refractivity contribution is 6.42. The zero-order chi connectivity index (χ0) is 14.3.